The number of nitrogens with one attached hydrogen (secondary N) is 2. The fourth-order valence-corrected chi connectivity index (χ4v) is 3.97. The molecule has 1 heterocycles. The van der Waals surface area contributed by atoms with E-state index in [0.717, 1.165) is 25.1 Å². The molecule has 0 aliphatic heterocycles. The van der Waals surface area contributed by atoms with Crippen LogP contribution in [0.25, 0.3) is 10.9 Å². The lowest BCUT2D eigenvalue weighted by Gasteiger charge is -2.23. The maximum absolute atomic E-state index is 12.7. The van der Waals surface area contributed by atoms with E-state index in [1.165, 1.54) is 10.3 Å². The number of hydrogen-bond donors (Lipinski definition) is 2. The Hall–Kier alpha value is -4.13. The number of aromatic amines is 1. The number of rotatable bonds is 9. The molecule has 0 bridgehead atoms. The molecule has 0 aliphatic rings. The van der Waals surface area contributed by atoms with Crippen LogP contribution in [0.2, 0.25) is 0 Å². The molecule has 3 aromatic carbocycles. The van der Waals surface area contributed by atoms with E-state index in [-0.39, 0.29) is 18.0 Å². The topological polar surface area (TPSA) is 87.2 Å². The van der Waals surface area contributed by atoms with E-state index in [1.54, 1.807) is 48.5 Å². The Labute approximate surface area is 197 Å². The van der Waals surface area contributed by atoms with Crippen molar-refractivity contribution in [3.05, 3.63) is 111 Å². The van der Waals surface area contributed by atoms with E-state index in [4.69, 9.17) is 0 Å². The van der Waals surface area contributed by atoms with Gasteiger partial charge in [0.25, 0.3) is 11.5 Å². The van der Waals surface area contributed by atoms with Crippen LogP contribution in [0.1, 0.15) is 29.3 Å². The number of aromatic nitrogens is 2. The first-order valence-corrected chi connectivity index (χ1v) is 11.5. The number of anilines is 1. The first-order valence-electron chi connectivity index (χ1n) is 11.5. The predicted octanol–water partition coefficient (Wildman–Crippen LogP) is 3.38. The minimum absolute atomic E-state index is 0.132. The highest BCUT2D eigenvalue weighted by atomic mass is 16.2. The van der Waals surface area contributed by atoms with E-state index >= 15 is 0 Å². The van der Waals surface area contributed by atoms with E-state index < -0.39 is 5.69 Å². The number of carbonyl (C=O) groups is 1. The van der Waals surface area contributed by atoms with Gasteiger partial charge in [0.1, 0.15) is 0 Å². The lowest BCUT2D eigenvalue weighted by Crippen LogP contribution is -2.35. The van der Waals surface area contributed by atoms with E-state index in [9.17, 15) is 14.4 Å². The maximum atomic E-state index is 12.7. The smallest absolute Gasteiger partial charge is 0.329 e. The van der Waals surface area contributed by atoms with Crippen LogP contribution in [-0.2, 0) is 6.54 Å². The van der Waals surface area contributed by atoms with E-state index in [1.807, 2.05) is 18.2 Å². The van der Waals surface area contributed by atoms with Crippen LogP contribution < -0.4 is 21.5 Å². The molecule has 2 N–H and O–H groups in total. The summed E-state index contributed by atoms with van der Waals surface area (Å²) >= 11 is 0. The van der Waals surface area contributed by atoms with E-state index in [2.05, 4.69) is 34.3 Å². The number of benzene rings is 3. The van der Waals surface area contributed by atoms with Gasteiger partial charge in [-0.05, 0) is 55.3 Å². The van der Waals surface area contributed by atoms with Crippen LogP contribution in [0, 0.1) is 0 Å². The number of amides is 1. The van der Waals surface area contributed by atoms with Gasteiger partial charge in [-0.1, -0.05) is 42.5 Å². The van der Waals surface area contributed by atoms with Crippen molar-refractivity contribution in [2.75, 3.05) is 24.5 Å². The average Bonchev–Trinajstić information content (AvgIpc) is 2.87. The van der Waals surface area contributed by atoms with Crippen molar-refractivity contribution in [2.45, 2.75) is 19.9 Å². The van der Waals surface area contributed by atoms with Crippen molar-refractivity contribution in [2.24, 2.45) is 0 Å². The van der Waals surface area contributed by atoms with Crippen LogP contribution >= 0.6 is 0 Å². The first kappa shape index (κ1) is 23.0. The molecule has 0 radical (unpaired) electrons. The highest BCUT2D eigenvalue weighted by Gasteiger charge is 2.10. The van der Waals surface area contributed by atoms with Gasteiger partial charge < -0.3 is 15.2 Å². The van der Waals surface area contributed by atoms with E-state index in [0.29, 0.717) is 23.0 Å². The number of nitrogens with zero attached hydrogens (tertiary/aromatic N) is 2. The molecule has 4 aromatic rings. The molecule has 7 heteroatoms. The van der Waals surface area contributed by atoms with Crippen LogP contribution in [0.15, 0.2) is 88.5 Å². The number of H-pyrrole nitrogens is 1. The fourth-order valence-electron chi connectivity index (χ4n) is 3.97. The summed E-state index contributed by atoms with van der Waals surface area (Å²) in [4.78, 5) is 42.6. The second-order valence-electron chi connectivity index (χ2n) is 8.09. The van der Waals surface area contributed by atoms with Crippen molar-refractivity contribution in [3.8, 4) is 0 Å². The van der Waals surface area contributed by atoms with Crippen molar-refractivity contribution < 1.29 is 4.79 Å². The van der Waals surface area contributed by atoms with Crippen LogP contribution in [0.3, 0.4) is 0 Å². The highest BCUT2D eigenvalue weighted by molar-refractivity contribution is 5.94. The predicted molar refractivity (Wildman–Crippen MR) is 136 cm³/mol. The molecule has 7 nitrogen and oxygen atoms in total. The summed E-state index contributed by atoms with van der Waals surface area (Å²) < 4.78 is 1.17. The van der Waals surface area contributed by atoms with Crippen LogP contribution in [0.4, 0.5) is 5.69 Å². The molecule has 0 saturated carbocycles. The van der Waals surface area contributed by atoms with Gasteiger partial charge >= 0.3 is 5.69 Å². The Morgan fingerprint density at radius 2 is 1.65 bits per heavy atom. The molecule has 1 aromatic heterocycles. The molecule has 0 unspecified atom stereocenters. The molecule has 174 valence electrons. The number of para-hydroxylation sites is 2. The lowest BCUT2D eigenvalue weighted by molar-refractivity contribution is 0.0953. The molecule has 0 aliphatic carbocycles. The third-order valence-corrected chi connectivity index (χ3v) is 5.84. The minimum atomic E-state index is -0.456. The van der Waals surface area contributed by atoms with Crippen molar-refractivity contribution >= 4 is 22.5 Å². The Bertz CT molecular complexity index is 1380. The summed E-state index contributed by atoms with van der Waals surface area (Å²) in [6.07, 6.45) is 0.834. The Balaban J connectivity index is 1.34. The fraction of sp³-hybridized carbons (Fsp3) is 0.222. The molecule has 0 fully saturated rings. The van der Waals surface area contributed by atoms with Gasteiger partial charge in [0.05, 0.1) is 17.4 Å². The number of fused-ring (bicyclic) bond motifs is 1. The molecule has 1 amide bonds. The maximum Gasteiger partial charge on any atom is 0.329 e. The first-order chi connectivity index (χ1) is 16.6. The zero-order valence-electron chi connectivity index (χ0n) is 19.2. The molecule has 4 rings (SSSR count). The molecular formula is C27H28N4O3. The summed E-state index contributed by atoms with van der Waals surface area (Å²) in [7, 11) is 0. The van der Waals surface area contributed by atoms with Crippen molar-refractivity contribution in [1.82, 2.24) is 14.9 Å². The second kappa shape index (κ2) is 10.7. The number of hydrogen-bond acceptors (Lipinski definition) is 4. The Morgan fingerprint density at radius 3 is 2.38 bits per heavy atom. The number of carbonyl (C=O) groups excluding carboxylic acids is 1. The van der Waals surface area contributed by atoms with Gasteiger partial charge in [-0.3, -0.25) is 14.2 Å². The quantitative estimate of drug-likeness (QED) is 0.378. The van der Waals surface area contributed by atoms with Gasteiger partial charge in [-0.2, -0.15) is 0 Å². The second-order valence-corrected chi connectivity index (χ2v) is 8.09. The van der Waals surface area contributed by atoms with Gasteiger partial charge in [0, 0.05) is 30.9 Å². The monoisotopic (exact) mass is 456 g/mol. The van der Waals surface area contributed by atoms with Crippen molar-refractivity contribution in [3.63, 3.8) is 0 Å². The lowest BCUT2D eigenvalue weighted by atomic mass is 10.1. The average molecular weight is 457 g/mol. The summed E-state index contributed by atoms with van der Waals surface area (Å²) in [6, 6.07) is 24.1. The third kappa shape index (κ3) is 5.26. The molecular weight excluding hydrogens is 428 g/mol. The summed E-state index contributed by atoms with van der Waals surface area (Å²) in [6.45, 7) is 4.59. The third-order valence-electron chi connectivity index (χ3n) is 5.84. The van der Waals surface area contributed by atoms with Gasteiger partial charge in [-0.15, -0.1) is 0 Å². The zero-order chi connectivity index (χ0) is 23.9. The SMILES string of the molecule is CCN(CCCNC(=O)c1ccc(Cn2c(=O)[nH]c3ccccc3c2=O)cc1)c1ccccc1. The molecule has 0 atom stereocenters. The van der Waals surface area contributed by atoms with Crippen LogP contribution in [-0.4, -0.2) is 35.1 Å². The molecule has 0 saturated heterocycles. The minimum Gasteiger partial charge on any atom is -0.372 e. The zero-order valence-corrected chi connectivity index (χ0v) is 19.2. The largest absolute Gasteiger partial charge is 0.372 e. The Kier molecular flexibility index (Phi) is 7.22. The van der Waals surface area contributed by atoms with Crippen molar-refractivity contribution in [1.29, 1.82) is 0 Å². The Morgan fingerprint density at radius 1 is 0.941 bits per heavy atom. The van der Waals surface area contributed by atoms with Crippen LogP contribution in [0.5, 0.6) is 0 Å². The standard InChI is InChI=1S/C27H28N4O3/c1-2-30(22-9-4-3-5-10-22)18-8-17-28-25(32)21-15-13-20(14-16-21)19-31-26(33)23-11-6-7-12-24(23)29-27(31)34/h3-7,9-16H,2,8,17-19H2,1H3,(H,28,32)(H,29,34). The molecule has 0 spiro atoms. The highest BCUT2D eigenvalue weighted by Crippen LogP contribution is 2.13. The molecule has 34 heavy (non-hydrogen) atoms. The normalized spacial score (nSPS) is 10.9. The van der Waals surface area contributed by atoms with Gasteiger partial charge in [0.2, 0.25) is 0 Å². The summed E-state index contributed by atoms with van der Waals surface area (Å²) in [5.74, 6) is -0.143. The summed E-state index contributed by atoms with van der Waals surface area (Å²) in [5.41, 5.74) is 2.21. The summed E-state index contributed by atoms with van der Waals surface area (Å²) in [5, 5.41) is 3.43. The van der Waals surface area contributed by atoms with Gasteiger partial charge in [0.15, 0.2) is 0 Å². The van der Waals surface area contributed by atoms with Gasteiger partial charge in [-0.25, -0.2) is 4.79 Å².